The molecule has 0 fully saturated rings. The fraction of sp³-hybridized carbons (Fsp3) is 0. The molecular formula is C12H9ClN2O. The molecule has 3 nitrogen and oxygen atoms in total. The van der Waals surface area contributed by atoms with E-state index in [1.165, 1.54) is 12.3 Å². The van der Waals surface area contributed by atoms with Crippen LogP contribution in [0.4, 0.5) is 0 Å². The van der Waals surface area contributed by atoms with Crippen molar-refractivity contribution < 1.29 is 0 Å². The normalized spacial score (nSPS) is 10.8. The number of H-pyrrole nitrogens is 1. The summed E-state index contributed by atoms with van der Waals surface area (Å²) in [7, 11) is 0. The monoisotopic (exact) mass is 232 g/mol. The van der Waals surface area contributed by atoms with Crippen LogP contribution in [0.2, 0.25) is 5.02 Å². The maximum absolute atomic E-state index is 11.0. The van der Waals surface area contributed by atoms with Crippen molar-refractivity contribution in [1.82, 2.24) is 9.97 Å². The third-order valence-electron chi connectivity index (χ3n) is 1.99. The Morgan fingerprint density at radius 3 is 2.56 bits per heavy atom. The number of benzene rings is 1. The second-order valence-electron chi connectivity index (χ2n) is 3.20. The van der Waals surface area contributed by atoms with Crippen LogP contribution in [0, 0.1) is 0 Å². The minimum absolute atomic E-state index is 0.161. The van der Waals surface area contributed by atoms with E-state index >= 15 is 0 Å². The van der Waals surface area contributed by atoms with Gasteiger partial charge in [-0.05, 0) is 23.8 Å². The van der Waals surface area contributed by atoms with Gasteiger partial charge in [0.1, 0.15) is 5.82 Å². The van der Waals surface area contributed by atoms with Gasteiger partial charge in [0, 0.05) is 17.3 Å². The van der Waals surface area contributed by atoms with Crippen molar-refractivity contribution in [3.63, 3.8) is 0 Å². The van der Waals surface area contributed by atoms with Crippen LogP contribution >= 0.6 is 11.6 Å². The van der Waals surface area contributed by atoms with Gasteiger partial charge in [0.15, 0.2) is 0 Å². The lowest BCUT2D eigenvalue weighted by atomic mass is 10.2. The standard InChI is InChI=1S/C12H9ClN2O/c13-10-4-1-9(2-5-10)3-6-11-14-8-7-12(16)15-11/h1-8H,(H,14,15,16)/b6-3+. The first-order valence-electron chi connectivity index (χ1n) is 4.73. The molecule has 1 N–H and O–H groups in total. The summed E-state index contributed by atoms with van der Waals surface area (Å²) in [5.41, 5.74) is 0.835. The molecule has 0 atom stereocenters. The van der Waals surface area contributed by atoms with Gasteiger partial charge in [0.2, 0.25) is 0 Å². The molecule has 0 saturated carbocycles. The maximum atomic E-state index is 11.0. The Balaban J connectivity index is 2.21. The Bertz CT molecular complexity index is 558. The van der Waals surface area contributed by atoms with Gasteiger partial charge >= 0.3 is 0 Å². The third kappa shape index (κ3) is 2.81. The molecule has 80 valence electrons. The highest BCUT2D eigenvalue weighted by Crippen LogP contribution is 2.11. The smallest absolute Gasteiger partial charge is 0.251 e. The number of aromatic nitrogens is 2. The molecule has 16 heavy (non-hydrogen) atoms. The number of hydrogen-bond acceptors (Lipinski definition) is 2. The van der Waals surface area contributed by atoms with E-state index in [9.17, 15) is 4.79 Å². The summed E-state index contributed by atoms with van der Waals surface area (Å²) < 4.78 is 0. The van der Waals surface area contributed by atoms with Crippen LogP contribution in [0.1, 0.15) is 11.4 Å². The van der Waals surface area contributed by atoms with Crippen molar-refractivity contribution in [1.29, 1.82) is 0 Å². The van der Waals surface area contributed by atoms with E-state index in [-0.39, 0.29) is 5.56 Å². The lowest BCUT2D eigenvalue weighted by molar-refractivity contribution is 1.09. The van der Waals surface area contributed by atoms with Crippen LogP contribution in [0.15, 0.2) is 41.3 Å². The highest BCUT2D eigenvalue weighted by atomic mass is 35.5. The lowest BCUT2D eigenvalue weighted by Gasteiger charge is -1.94. The molecule has 0 bridgehead atoms. The lowest BCUT2D eigenvalue weighted by Crippen LogP contribution is -2.05. The second-order valence-corrected chi connectivity index (χ2v) is 3.64. The summed E-state index contributed by atoms with van der Waals surface area (Å²) in [5.74, 6) is 0.530. The third-order valence-corrected chi connectivity index (χ3v) is 2.25. The first kappa shape index (κ1) is 10.6. The van der Waals surface area contributed by atoms with Crippen molar-refractivity contribution in [2.75, 3.05) is 0 Å². The largest absolute Gasteiger partial charge is 0.307 e. The molecule has 1 aromatic carbocycles. The van der Waals surface area contributed by atoms with E-state index in [4.69, 9.17) is 11.6 Å². The van der Waals surface area contributed by atoms with Crippen LogP contribution in [0.3, 0.4) is 0 Å². The Kier molecular flexibility index (Phi) is 3.17. The average molecular weight is 233 g/mol. The molecule has 0 spiro atoms. The SMILES string of the molecule is O=c1ccnc(/C=C/c2ccc(Cl)cc2)[nH]1. The molecule has 0 unspecified atom stereocenters. The van der Waals surface area contributed by atoms with Crippen molar-refractivity contribution in [2.24, 2.45) is 0 Å². The molecule has 0 saturated heterocycles. The second kappa shape index (κ2) is 4.77. The molecule has 0 radical (unpaired) electrons. The van der Waals surface area contributed by atoms with E-state index in [1.54, 1.807) is 6.08 Å². The first-order chi connectivity index (χ1) is 7.74. The van der Waals surface area contributed by atoms with Crippen molar-refractivity contribution >= 4 is 23.8 Å². The van der Waals surface area contributed by atoms with E-state index in [0.29, 0.717) is 10.8 Å². The van der Waals surface area contributed by atoms with Crippen LogP contribution in [-0.2, 0) is 0 Å². The zero-order valence-corrected chi connectivity index (χ0v) is 9.11. The minimum Gasteiger partial charge on any atom is -0.307 e. The van der Waals surface area contributed by atoms with Gasteiger partial charge in [0.05, 0.1) is 0 Å². The molecule has 2 aromatic rings. The molecule has 1 aromatic heterocycles. The Labute approximate surface area is 97.4 Å². The molecule has 2 rings (SSSR count). The Hall–Kier alpha value is -1.87. The zero-order chi connectivity index (χ0) is 11.4. The number of aromatic amines is 1. The van der Waals surface area contributed by atoms with Gasteiger partial charge in [-0.3, -0.25) is 4.79 Å². The van der Waals surface area contributed by atoms with Crippen LogP contribution in [-0.4, -0.2) is 9.97 Å². The predicted molar refractivity (Wildman–Crippen MR) is 65.2 cm³/mol. The summed E-state index contributed by atoms with van der Waals surface area (Å²) in [6.45, 7) is 0. The van der Waals surface area contributed by atoms with Crippen molar-refractivity contribution in [3.05, 3.63) is 63.3 Å². The zero-order valence-electron chi connectivity index (χ0n) is 8.35. The molecule has 0 amide bonds. The number of rotatable bonds is 2. The fourth-order valence-electron chi connectivity index (χ4n) is 1.22. The topological polar surface area (TPSA) is 45.8 Å². The van der Waals surface area contributed by atoms with Gasteiger partial charge in [-0.25, -0.2) is 4.98 Å². The maximum Gasteiger partial charge on any atom is 0.251 e. The van der Waals surface area contributed by atoms with Gasteiger partial charge in [0.25, 0.3) is 5.56 Å². The molecule has 0 aliphatic heterocycles. The van der Waals surface area contributed by atoms with Gasteiger partial charge < -0.3 is 4.98 Å². The molecule has 0 aliphatic rings. The van der Waals surface area contributed by atoms with Crippen molar-refractivity contribution in [3.8, 4) is 0 Å². The van der Waals surface area contributed by atoms with E-state index in [1.807, 2.05) is 30.3 Å². The Morgan fingerprint density at radius 1 is 1.12 bits per heavy atom. The first-order valence-corrected chi connectivity index (χ1v) is 5.11. The molecular weight excluding hydrogens is 224 g/mol. The molecule has 1 heterocycles. The highest BCUT2D eigenvalue weighted by Gasteiger charge is 1.90. The summed E-state index contributed by atoms with van der Waals surface area (Å²) in [6, 6.07) is 8.77. The van der Waals surface area contributed by atoms with E-state index in [2.05, 4.69) is 9.97 Å². The summed E-state index contributed by atoms with van der Waals surface area (Å²) in [5, 5.41) is 0.698. The number of nitrogens with one attached hydrogen (secondary N) is 1. The minimum atomic E-state index is -0.161. The summed E-state index contributed by atoms with van der Waals surface area (Å²) in [6.07, 6.45) is 5.07. The van der Waals surface area contributed by atoms with Gasteiger partial charge in [-0.2, -0.15) is 0 Å². The summed E-state index contributed by atoms with van der Waals surface area (Å²) >= 11 is 5.77. The average Bonchev–Trinajstić information content (AvgIpc) is 2.28. The van der Waals surface area contributed by atoms with E-state index in [0.717, 1.165) is 5.56 Å². The Morgan fingerprint density at radius 2 is 1.88 bits per heavy atom. The molecule has 4 heteroatoms. The van der Waals surface area contributed by atoms with Crippen molar-refractivity contribution in [2.45, 2.75) is 0 Å². The highest BCUT2D eigenvalue weighted by molar-refractivity contribution is 6.30. The van der Waals surface area contributed by atoms with Gasteiger partial charge in [-0.15, -0.1) is 0 Å². The fourth-order valence-corrected chi connectivity index (χ4v) is 1.35. The predicted octanol–water partition coefficient (Wildman–Crippen LogP) is 2.59. The van der Waals surface area contributed by atoms with Gasteiger partial charge in [-0.1, -0.05) is 29.8 Å². The van der Waals surface area contributed by atoms with Crippen LogP contribution < -0.4 is 5.56 Å². The molecule has 0 aliphatic carbocycles. The number of halogens is 1. The van der Waals surface area contributed by atoms with Crippen LogP contribution in [0.5, 0.6) is 0 Å². The quantitative estimate of drug-likeness (QED) is 0.865. The summed E-state index contributed by atoms with van der Waals surface area (Å²) in [4.78, 5) is 17.6. The van der Waals surface area contributed by atoms with Crippen LogP contribution in [0.25, 0.3) is 12.2 Å². The van der Waals surface area contributed by atoms with E-state index < -0.39 is 0 Å². The number of nitrogens with zero attached hydrogens (tertiary/aromatic N) is 1. The number of hydrogen-bond donors (Lipinski definition) is 1.